The normalized spacial score (nSPS) is 15.1. The zero-order valence-electron chi connectivity index (χ0n) is 10.4. The van der Waals surface area contributed by atoms with Crippen LogP contribution in [0.15, 0.2) is 0 Å². The predicted molar refractivity (Wildman–Crippen MR) is 58.8 cm³/mol. The van der Waals surface area contributed by atoms with Crippen LogP contribution >= 0.6 is 0 Å². The van der Waals surface area contributed by atoms with Crippen molar-refractivity contribution in [1.82, 2.24) is 5.32 Å². The van der Waals surface area contributed by atoms with E-state index in [0.29, 0.717) is 0 Å². The van der Waals surface area contributed by atoms with Crippen molar-refractivity contribution >= 4 is 12.0 Å². The first-order valence-electron chi connectivity index (χ1n) is 4.99. The molecular weight excluding hydrogens is 212 g/mol. The fourth-order valence-corrected chi connectivity index (χ4v) is 0.990. The van der Waals surface area contributed by atoms with Gasteiger partial charge in [-0.05, 0) is 27.7 Å². The summed E-state index contributed by atoms with van der Waals surface area (Å²) in [6.07, 6.45) is -1.20. The lowest BCUT2D eigenvalue weighted by Gasteiger charge is -2.24. The zero-order valence-corrected chi connectivity index (χ0v) is 10.4. The van der Waals surface area contributed by atoms with Gasteiger partial charge in [-0.25, -0.2) is 4.79 Å². The molecule has 94 valence electrons. The number of primary amides is 1. The number of methoxy groups -OCH3 is 1. The molecule has 0 aliphatic carbocycles. The lowest BCUT2D eigenvalue weighted by molar-refractivity contribution is -0.123. The number of hydrogen-bond acceptors (Lipinski definition) is 4. The van der Waals surface area contributed by atoms with Gasteiger partial charge in [0.15, 0.2) is 0 Å². The molecule has 0 radical (unpaired) electrons. The summed E-state index contributed by atoms with van der Waals surface area (Å²) in [6.45, 7) is 6.82. The molecule has 0 aliphatic rings. The maximum absolute atomic E-state index is 11.4. The Morgan fingerprint density at radius 1 is 1.31 bits per heavy atom. The van der Waals surface area contributed by atoms with Gasteiger partial charge in [-0.1, -0.05) is 0 Å². The van der Waals surface area contributed by atoms with E-state index >= 15 is 0 Å². The highest BCUT2D eigenvalue weighted by atomic mass is 16.6. The van der Waals surface area contributed by atoms with Gasteiger partial charge >= 0.3 is 6.09 Å². The standard InChI is InChI=1S/C10H20N2O4/c1-6(15-5)7(8(11)13)12-9(14)16-10(2,3)4/h6-7H,1-5H3,(H2,11,13)(H,12,14)/t6-,7+/m1/s1. The second kappa shape index (κ2) is 5.69. The molecule has 6 nitrogen and oxygen atoms in total. The number of alkyl carbamates (subject to hydrolysis) is 1. The van der Waals surface area contributed by atoms with Crippen molar-refractivity contribution in [3.8, 4) is 0 Å². The lowest BCUT2D eigenvalue weighted by Crippen LogP contribution is -2.52. The Hall–Kier alpha value is -1.30. The third kappa shape index (κ3) is 5.55. The number of nitrogens with one attached hydrogen (secondary N) is 1. The topological polar surface area (TPSA) is 90.7 Å². The van der Waals surface area contributed by atoms with E-state index in [1.54, 1.807) is 27.7 Å². The largest absolute Gasteiger partial charge is 0.444 e. The Balaban J connectivity index is 4.42. The maximum Gasteiger partial charge on any atom is 0.408 e. The van der Waals surface area contributed by atoms with Crippen LogP contribution in [0.1, 0.15) is 27.7 Å². The average molecular weight is 232 g/mol. The summed E-state index contributed by atoms with van der Waals surface area (Å²) in [7, 11) is 1.43. The molecule has 0 aromatic heterocycles. The second-order valence-electron chi connectivity index (χ2n) is 4.47. The van der Waals surface area contributed by atoms with Crippen LogP contribution in [-0.4, -0.2) is 36.9 Å². The summed E-state index contributed by atoms with van der Waals surface area (Å²) in [4.78, 5) is 22.5. The smallest absolute Gasteiger partial charge is 0.408 e. The van der Waals surface area contributed by atoms with Crippen LogP contribution in [0, 0.1) is 0 Å². The Morgan fingerprint density at radius 3 is 2.12 bits per heavy atom. The van der Waals surface area contributed by atoms with Crippen LogP contribution in [0.2, 0.25) is 0 Å². The zero-order chi connectivity index (χ0) is 12.9. The molecule has 0 saturated carbocycles. The number of amides is 2. The number of carbonyl (C=O) groups is 2. The fourth-order valence-electron chi connectivity index (χ4n) is 0.990. The van der Waals surface area contributed by atoms with E-state index in [9.17, 15) is 9.59 Å². The molecule has 0 unspecified atom stereocenters. The highest BCUT2D eigenvalue weighted by Gasteiger charge is 2.27. The minimum Gasteiger partial charge on any atom is -0.444 e. The molecule has 0 spiro atoms. The Bertz CT molecular complexity index is 260. The number of rotatable bonds is 4. The molecule has 0 bridgehead atoms. The second-order valence-corrected chi connectivity index (χ2v) is 4.47. The van der Waals surface area contributed by atoms with Crippen LogP contribution in [0.3, 0.4) is 0 Å². The van der Waals surface area contributed by atoms with Crippen molar-refractivity contribution < 1.29 is 19.1 Å². The third-order valence-electron chi connectivity index (χ3n) is 1.82. The minimum absolute atomic E-state index is 0.509. The molecule has 0 saturated heterocycles. The van der Waals surface area contributed by atoms with E-state index in [4.69, 9.17) is 15.2 Å². The molecule has 2 atom stereocenters. The first-order chi connectivity index (χ1) is 7.17. The van der Waals surface area contributed by atoms with Gasteiger partial charge in [-0.2, -0.15) is 0 Å². The predicted octanol–water partition coefficient (Wildman–Crippen LogP) is 0.400. The summed E-state index contributed by atoms with van der Waals surface area (Å²) in [5.74, 6) is -0.666. The van der Waals surface area contributed by atoms with E-state index in [1.807, 2.05) is 0 Å². The molecule has 0 rings (SSSR count). The minimum atomic E-state index is -0.903. The van der Waals surface area contributed by atoms with Crippen molar-refractivity contribution in [1.29, 1.82) is 0 Å². The summed E-state index contributed by atoms with van der Waals surface area (Å²) in [5.41, 5.74) is 4.51. The summed E-state index contributed by atoms with van der Waals surface area (Å²) >= 11 is 0. The van der Waals surface area contributed by atoms with Crippen LogP contribution in [0.25, 0.3) is 0 Å². The third-order valence-corrected chi connectivity index (χ3v) is 1.82. The molecule has 2 amide bonds. The average Bonchev–Trinajstić information content (AvgIpc) is 2.09. The fraction of sp³-hybridized carbons (Fsp3) is 0.800. The molecule has 6 heteroatoms. The van der Waals surface area contributed by atoms with Crippen molar-refractivity contribution in [2.24, 2.45) is 5.73 Å². The molecule has 0 fully saturated rings. The van der Waals surface area contributed by atoms with E-state index in [1.165, 1.54) is 7.11 Å². The molecule has 0 aromatic rings. The van der Waals surface area contributed by atoms with Gasteiger partial charge in [0.25, 0.3) is 0 Å². The quantitative estimate of drug-likeness (QED) is 0.734. The van der Waals surface area contributed by atoms with Crippen molar-refractivity contribution in [3.63, 3.8) is 0 Å². The molecule has 16 heavy (non-hydrogen) atoms. The van der Waals surface area contributed by atoms with E-state index < -0.39 is 29.7 Å². The monoisotopic (exact) mass is 232 g/mol. The number of nitrogens with two attached hydrogens (primary N) is 1. The molecule has 0 aromatic carbocycles. The Kier molecular flexibility index (Phi) is 5.23. The van der Waals surface area contributed by atoms with Crippen molar-refractivity contribution in [2.45, 2.75) is 45.4 Å². The molecule has 3 N–H and O–H groups in total. The van der Waals surface area contributed by atoms with Crippen LogP contribution in [-0.2, 0) is 14.3 Å². The molecule has 0 heterocycles. The van der Waals surface area contributed by atoms with Gasteiger partial charge < -0.3 is 20.5 Å². The Labute approximate surface area is 95.5 Å². The summed E-state index contributed by atoms with van der Waals surface area (Å²) in [6, 6.07) is -0.903. The van der Waals surface area contributed by atoms with E-state index in [2.05, 4.69) is 5.32 Å². The number of ether oxygens (including phenoxy) is 2. The summed E-state index contributed by atoms with van der Waals surface area (Å²) < 4.78 is 9.93. The van der Waals surface area contributed by atoms with Crippen LogP contribution < -0.4 is 11.1 Å². The first kappa shape index (κ1) is 14.7. The SMILES string of the molecule is CO[C@H](C)[C@H](NC(=O)OC(C)(C)C)C(N)=O. The van der Waals surface area contributed by atoms with Crippen molar-refractivity contribution in [3.05, 3.63) is 0 Å². The maximum atomic E-state index is 11.4. The van der Waals surface area contributed by atoms with Crippen LogP contribution in [0.5, 0.6) is 0 Å². The number of hydrogen-bond donors (Lipinski definition) is 2. The summed E-state index contributed by atoms with van der Waals surface area (Å²) in [5, 5.41) is 2.36. The molecule has 0 aliphatic heterocycles. The van der Waals surface area contributed by atoms with Gasteiger partial charge in [0, 0.05) is 7.11 Å². The molecular formula is C10H20N2O4. The van der Waals surface area contributed by atoms with Gasteiger partial charge in [0.05, 0.1) is 6.10 Å². The van der Waals surface area contributed by atoms with Gasteiger partial charge in [-0.15, -0.1) is 0 Å². The first-order valence-corrected chi connectivity index (χ1v) is 4.99. The van der Waals surface area contributed by atoms with Gasteiger partial charge in [0.2, 0.25) is 5.91 Å². The highest BCUT2D eigenvalue weighted by molar-refractivity contribution is 5.84. The lowest BCUT2D eigenvalue weighted by atomic mass is 10.1. The van der Waals surface area contributed by atoms with Crippen LogP contribution in [0.4, 0.5) is 4.79 Å². The van der Waals surface area contributed by atoms with Gasteiger partial charge in [0.1, 0.15) is 11.6 Å². The van der Waals surface area contributed by atoms with E-state index in [-0.39, 0.29) is 0 Å². The highest BCUT2D eigenvalue weighted by Crippen LogP contribution is 2.07. The van der Waals surface area contributed by atoms with Gasteiger partial charge in [-0.3, -0.25) is 4.79 Å². The Morgan fingerprint density at radius 2 is 1.81 bits per heavy atom. The van der Waals surface area contributed by atoms with E-state index in [0.717, 1.165) is 0 Å². The number of carbonyl (C=O) groups excluding carboxylic acids is 2. The van der Waals surface area contributed by atoms with Crippen molar-refractivity contribution in [2.75, 3.05) is 7.11 Å².